The molecule has 0 fully saturated rings. The molecule has 0 amide bonds. The van der Waals surface area contributed by atoms with Crippen molar-refractivity contribution in [1.29, 1.82) is 0 Å². The van der Waals surface area contributed by atoms with Crippen LogP contribution in [0.5, 0.6) is 0 Å². The lowest BCUT2D eigenvalue weighted by atomic mass is 10.2. The van der Waals surface area contributed by atoms with Crippen LogP contribution in [0.3, 0.4) is 0 Å². The maximum atomic E-state index is 10.8. The Hall–Kier alpha value is -1.88. The van der Waals surface area contributed by atoms with E-state index in [4.69, 9.17) is 4.74 Å². The fourth-order valence-corrected chi connectivity index (χ4v) is 1.48. The summed E-state index contributed by atoms with van der Waals surface area (Å²) in [6.45, 7) is 7.18. The van der Waals surface area contributed by atoms with Gasteiger partial charge >= 0.3 is 0 Å². The Kier molecular flexibility index (Phi) is 5.87. The molecular formula is C13H18N2O3. The number of nitro groups is 1. The van der Waals surface area contributed by atoms with Crippen molar-refractivity contribution < 1.29 is 9.66 Å². The number of anilines is 1. The average molecular weight is 250 g/mol. The number of rotatable bonds is 8. The molecule has 0 aliphatic rings. The lowest BCUT2D eigenvalue weighted by Crippen LogP contribution is -2.11. The summed E-state index contributed by atoms with van der Waals surface area (Å²) in [5.74, 6) is 0. The Morgan fingerprint density at radius 2 is 2.28 bits per heavy atom. The van der Waals surface area contributed by atoms with Crippen LogP contribution in [0.1, 0.15) is 12.0 Å². The second kappa shape index (κ2) is 7.45. The third-order valence-electron chi connectivity index (χ3n) is 2.38. The molecule has 0 heterocycles. The molecule has 5 nitrogen and oxygen atoms in total. The molecule has 0 spiro atoms. The number of hydrogen-bond acceptors (Lipinski definition) is 4. The lowest BCUT2D eigenvalue weighted by molar-refractivity contribution is -0.384. The van der Waals surface area contributed by atoms with Crippen molar-refractivity contribution in [3.63, 3.8) is 0 Å². The molecule has 0 aromatic heterocycles. The van der Waals surface area contributed by atoms with Gasteiger partial charge in [0.2, 0.25) is 0 Å². The topological polar surface area (TPSA) is 64.4 Å². The molecule has 1 aromatic rings. The molecule has 0 saturated heterocycles. The molecule has 0 atom stereocenters. The first-order valence-electron chi connectivity index (χ1n) is 5.82. The van der Waals surface area contributed by atoms with E-state index >= 15 is 0 Å². The summed E-state index contributed by atoms with van der Waals surface area (Å²) in [7, 11) is 0. The normalized spacial score (nSPS) is 10.1. The molecule has 0 unspecified atom stereocenters. The number of hydrogen-bond donors (Lipinski definition) is 1. The molecule has 98 valence electrons. The molecule has 0 saturated carbocycles. The molecule has 0 aliphatic heterocycles. The zero-order valence-corrected chi connectivity index (χ0v) is 10.5. The molecule has 1 rings (SSSR count). The predicted molar refractivity (Wildman–Crippen MR) is 72.0 cm³/mol. The maximum absolute atomic E-state index is 10.8. The Morgan fingerprint density at radius 1 is 1.50 bits per heavy atom. The lowest BCUT2D eigenvalue weighted by Gasteiger charge is -2.08. The van der Waals surface area contributed by atoms with Gasteiger partial charge in [0.05, 0.1) is 18.1 Å². The van der Waals surface area contributed by atoms with Crippen molar-refractivity contribution >= 4 is 11.4 Å². The molecule has 1 N–H and O–H groups in total. The SMILES string of the molecule is C=CCCOCCNc1cc(C)ccc1[N+](=O)[O-]. The predicted octanol–water partition coefficient (Wildman–Crippen LogP) is 2.91. The highest BCUT2D eigenvalue weighted by atomic mass is 16.6. The Morgan fingerprint density at radius 3 is 2.94 bits per heavy atom. The summed E-state index contributed by atoms with van der Waals surface area (Å²) in [5, 5.41) is 13.9. The highest BCUT2D eigenvalue weighted by Crippen LogP contribution is 2.24. The van der Waals surface area contributed by atoms with E-state index in [0.717, 1.165) is 12.0 Å². The van der Waals surface area contributed by atoms with E-state index in [-0.39, 0.29) is 10.6 Å². The van der Waals surface area contributed by atoms with Crippen LogP contribution in [0.15, 0.2) is 30.9 Å². The van der Waals surface area contributed by atoms with Crippen LogP contribution in [0.2, 0.25) is 0 Å². The number of nitrogens with one attached hydrogen (secondary N) is 1. The minimum absolute atomic E-state index is 0.0895. The second-order valence-electron chi connectivity index (χ2n) is 3.89. The van der Waals surface area contributed by atoms with Gasteiger partial charge in [-0.3, -0.25) is 10.1 Å². The van der Waals surface area contributed by atoms with Gasteiger partial charge in [-0.2, -0.15) is 0 Å². The summed E-state index contributed by atoms with van der Waals surface area (Å²) in [6, 6.07) is 5.00. The molecule has 1 aromatic carbocycles. The summed E-state index contributed by atoms with van der Waals surface area (Å²) in [6.07, 6.45) is 2.60. The standard InChI is InChI=1S/C13H18N2O3/c1-3-4-8-18-9-7-14-12-10-11(2)5-6-13(12)15(16)17/h3,5-6,10,14H,1,4,7-9H2,2H3. The highest BCUT2D eigenvalue weighted by Gasteiger charge is 2.12. The molecule has 0 radical (unpaired) electrons. The Bertz CT molecular complexity index is 419. The number of ether oxygens (including phenoxy) is 1. The van der Waals surface area contributed by atoms with Crippen LogP contribution in [-0.2, 0) is 4.74 Å². The largest absolute Gasteiger partial charge is 0.379 e. The van der Waals surface area contributed by atoms with Gasteiger partial charge in [-0.1, -0.05) is 12.1 Å². The Balaban J connectivity index is 2.47. The first-order chi connectivity index (χ1) is 8.65. The van der Waals surface area contributed by atoms with Crippen molar-refractivity contribution in [2.24, 2.45) is 0 Å². The number of benzene rings is 1. The zero-order valence-electron chi connectivity index (χ0n) is 10.5. The van der Waals surface area contributed by atoms with Gasteiger partial charge in [0.1, 0.15) is 5.69 Å². The zero-order chi connectivity index (χ0) is 13.4. The van der Waals surface area contributed by atoms with E-state index in [1.807, 2.05) is 6.92 Å². The molecule has 0 aliphatic carbocycles. The van der Waals surface area contributed by atoms with Crippen LogP contribution < -0.4 is 5.32 Å². The van der Waals surface area contributed by atoms with Gasteiger partial charge in [0.25, 0.3) is 5.69 Å². The highest BCUT2D eigenvalue weighted by molar-refractivity contribution is 5.62. The fraction of sp³-hybridized carbons (Fsp3) is 0.385. The van der Waals surface area contributed by atoms with Crippen LogP contribution >= 0.6 is 0 Å². The maximum Gasteiger partial charge on any atom is 0.292 e. The molecule has 18 heavy (non-hydrogen) atoms. The van der Waals surface area contributed by atoms with Gasteiger partial charge in [-0.15, -0.1) is 6.58 Å². The Labute approximate surface area is 107 Å². The number of nitrogens with zero attached hydrogens (tertiary/aromatic N) is 1. The van der Waals surface area contributed by atoms with Gasteiger partial charge < -0.3 is 10.1 Å². The number of aryl methyl sites for hydroxylation is 1. The van der Waals surface area contributed by atoms with E-state index in [1.54, 1.807) is 18.2 Å². The third kappa shape index (κ3) is 4.55. The van der Waals surface area contributed by atoms with Gasteiger partial charge in [0.15, 0.2) is 0 Å². The molecule has 5 heteroatoms. The van der Waals surface area contributed by atoms with Crippen LogP contribution in [0.4, 0.5) is 11.4 Å². The van der Waals surface area contributed by atoms with Gasteiger partial charge in [-0.25, -0.2) is 0 Å². The van der Waals surface area contributed by atoms with Crippen LogP contribution in [0, 0.1) is 17.0 Å². The van der Waals surface area contributed by atoms with E-state index in [2.05, 4.69) is 11.9 Å². The number of nitro benzene ring substituents is 1. The second-order valence-corrected chi connectivity index (χ2v) is 3.89. The van der Waals surface area contributed by atoms with Crippen molar-refractivity contribution in [2.45, 2.75) is 13.3 Å². The van der Waals surface area contributed by atoms with Crippen LogP contribution in [0.25, 0.3) is 0 Å². The fourth-order valence-electron chi connectivity index (χ4n) is 1.48. The van der Waals surface area contributed by atoms with E-state index in [9.17, 15) is 10.1 Å². The van der Waals surface area contributed by atoms with E-state index in [0.29, 0.717) is 25.4 Å². The van der Waals surface area contributed by atoms with Gasteiger partial charge in [0, 0.05) is 12.6 Å². The van der Waals surface area contributed by atoms with E-state index < -0.39 is 0 Å². The quantitative estimate of drug-likeness (QED) is 0.333. The van der Waals surface area contributed by atoms with Crippen molar-refractivity contribution in [2.75, 3.05) is 25.1 Å². The average Bonchev–Trinajstić information content (AvgIpc) is 2.33. The van der Waals surface area contributed by atoms with Crippen LogP contribution in [-0.4, -0.2) is 24.7 Å². The minimum Gasteiger partial charge on any atom is -0.379 e. The first-order valence-corrected chi connectivity index (χ1v) is 5.82. The smallest absolute Gasteiger partial charge is 0.292 e. The third-order valence-corrected chi connectivity index (χ3v) is 2.38. The summed E-state index contributed by atoms with van der Waals surface area (Å²) >= 11 is 0. The summed E-state index contributed by atoms with van der Waals surface area (Å²) in [5.41, 5.74) is 1.61. The monoisotopic (exact) mass is 250 g/mol. The summed E-state index contributed by atoms with van der Waals surface area (Å²) < 4.78 is 5.32. The van der Waals surface area contributed by atoms with E-state index in [1.165, 1.54) is 6.07 Å². The minimum atomic E-state index is -0.389. The molecule has 0 bridgehead atoms. The molecular weight excluding hydrogens is 232 g/mol. The summed E-state index contributed by atoms with van der Waals surface area (Å²) in [4.78, 5) is 10.4. The van der Waals surface area contributed by atoms with Crippen molar-refractivity contribution in [1.82, 2.24) is 0 Å². The first kappa shape index (κ1) is 14.2. The van der Waals surface area contributed by atoms with Crippen molar-refractivity contribution in [3.8, 4) is 0 Å². The van der Waals surface area contributed by atoms with Gasteiger partial charge in [-0.05, 0) is 25.0 Å². The van der Waals surface area contributed by atoms with Crippen molar-refractivity contribution in [3.05, 3.63) is 46.5 Å².